The van der Waals surface area contributed by atoms with E-state index in [2.05, 4.69) is 204 Å². The van der Waals surface area contributed by atoms with Crippen molar-refractivity contribution in [3.63, 3.8) is 0 Å². The van der Waals surface area contributed by atoms with Crippen LogP contribution in [0.25, 0.3) is 32.7 Å². The van der Waals surface area contributed by atoms with Crippen molar-refractivity contribution in [2.75, 3.05) is 9.80 Å². The number of amidine groups is 1. The van der Waals surface area contributed by atoms with Crippen LogP contribution in [0.2, 0.25) is 0 Å². The number of nitrogens with zero attached hydrogens (tertiary/aromatic N) is 4. The van der Waals surface area contributed by atoms with Crippen LogP contribution in [-0.2, 0) is 6.54 Å². The molecule has 0 spiro atoms. The van der Waals surface area contributed by atoms with Gasteiger partial charge in [-0.3, -0.25) is 4.99 Å². The van der Waals surface area contributed by atoms with Crippen LogP contribution < -0.4 is 15.5 Å². The van der Waals surface area contributed by atoms with Crippen molar-refractivity contribution >= 4 is 50.4 Å². The zero-order valence-corrected chi connectivity index (χ0v) is 32.9. The van der Waals surface area contributed by atoms with Crippen LogP contribution in [0.1, 0.15) is 51.3 Å². The molecule has 2 N–H and O–H groups in total. The third-order valence-corrected chi connectivity index (χ3v) is 13.0. The van der Waals surface area contributed by atoms with Gasteiger partial charge >= 0.3 is 0 Å². The van der Waals surface area contributed by atoms with Crippen molar-refractivity contribution in [1.82, 2.24) is 0 Å². The molecule has 8 aromatic carbocycles. The van der Waals surface area contributed by atoms with Crippen LogP contribution >= 0.6 is 0 Å². The van der Waals surface area contributed by atoms with E-state index in [1.807, 2.05) is 6.07 Å². The predicted octanol–water partition coefficient (Wildman–Crippen LogP) is 12.4. The van der Waals surface area contributed by atoms with Gasteiger partial charge < -0.3 is 15.5 Å². The summed E-state index contributed by atoms with van der Waals surface area (Å²) in [5, 5.41) is 4.77. The number of aliphatic imine (C=N–C) groups is 2. The molecule has 5 heteroatoms. The number of hydrogen-bond donors (Lipinski definition) is 1. The Kier molecular flexibility index (Phi) is 7.95. The Bertz CT molecular complexity index is 3120. The molecule has 2 heterocycles. The fourth-order valence-electron chi connectivity index (χ4n) is 10.6. The minimum atomic E-state index is -0.136. The number of rotatable bonds is 4. The monoisotopic (exact) mass is 771 g/mol. The number of allylic oxidation sites excluding steroid dienone is 2. The molecule has 286 valence electrons. The first-order valence-corrected chi connectivity index (χ1v) is 20.9. The molecule has 12 rings (SSSR count). The third-order valence-electron chi connectivity index (χ3n) is 13.0. The lowest BCUT2D eigenvalue weighted by molar-refractivity contribution is 0.659. The summed E-state index contributed by atoms with van der Waals surface area (Å²) in [6.45, 7) is 0.484. The van der Waals surface area contributed by atoms with Crippen molar-refractivity contribution < 1.29 is 0 Å². The molecule has 0 amide bonds. The Morgan fingerprint density at radius 2 is 1.25 bits per heavy atom. The summed E-state index contributed by atoms with van der Waals surface area (Å²) in [7, 11) is 0. The second-order valence-corrected chi connectivity index (χ2v) is 16.1. The molecule has 3 unspecified atom stereocenters. The summed E-state index contributed by atoms with van der Waals surface area (Å²) in [5.41, 5.74) is 21.0. The lowest BCUT2D eigenvalue weighted by Crippen LogP contribution is -2.41. The maximum Gasteiger partial charge on any atom is 0.203 e. The first kappa shape index (κ1) is 34.5. The van der Waals surface area contributed by atoms with Crippen molar-refractivity contribution in [1.29, 1.82) is 0 Å². The highest BCUT2D eigenvalue weighted by Gasteiger charge is 2.50. The van der Waals surface area contributed by atoms with E-state index in [0.717, 1.165) is 27.6 Å². The Hall–Kier alpha value is -7.50. The van der Waals surface area contributed by atoms with Gasteiger partial charge in [-0.05, 0) is 73.3 Å². The summed E-state index contributed by atoms with van der Waals surface area (Å²) >= 11 is 0. The minimum absolute atomic E-state index is 0.00958. The second-order valence-electron chi connectivity index (χ2n) is 16.1. The number of anilines is 3. The lowest BCUT2D eigenvalue weighted by Gasteiger charge is -2.38. The van der Waals surface area contributed by atoms with Crippen LogP contribution in [0.5, 0.6) is 0 Å². The lowest BCUT2D eigenvalue weighted by atomic mass is 9.69. The van der Waals surface area contributed by atoms with Gasteiger partial charge in [0.1, 0.15) is 0 Å². The SMILES string of the molecule is N/C(=N\C(=N/Cc1ccccc1)c1cccc2ccccc12)N1c2ccccc2C2c3c(c4c(c5ccccc35)N(c3ccccc3)C3C=CC=CC43)-c3ccccc3[C@@H]21. The van der Waals surface area contributed by atoms with Gasteiger partial charge in [-0.15, -0.1) is 0 Å². The van der Waals surface area contributed by atoms with Gasteiger partial charge in [0.2, 0.25) is 5.96 Å². The summed E-state index contributed by atoms with van der Waals surface area (Å²) in [6.07, 6.45) is 9.24. The molecule has 0 saturated carbocycles. The standard InChI is InChI=1S/C55H41N5/c56-55(58-54(57-34-35-18-3-1-4-19-35)43-31-17-21-36-20-7-8-24-38(36)43)60-47-33-16-14-30-45(47)51-49-39-25-9-11-27-41(39)52-50(48(49)40-26-10-12-28-42(40)53(51)60)44-29-13-15-32-46(44)59(52)37-22-5-2-6-23-37/h1-33,44,46,51,53H,34H2,(H2,56,57,58)/t44?,46?,51?,53-/m0/s1. The Morgan fingerprint density at radius 1 is 0.583 bits per heavy atom. The predicted molar refractivity (Wildman–Crippen MR) is 249 cm³/mol. The van der Waals surface area contributed by atoms with Crippen molar-refractivity contribution in [3.8, 4) is 11.1 Å². The number of fused-ring (bicyclic) bond motifs is 16. The van der Waals surface area contributed by atoms with Gasteiger partial charge in [0.05, 0.1) is 24.3 Å². The maximum atomic E-state index is 7.47. The third kappa shape index (κ3) is 5.18. The normalized spacial score (nSPS) is 19.8. The molecule has 0 fully saturated rings. The summed E-state index contributed by atoms with van der Waals surface area (Å²) in [5.74, 6) is 1.21. The van der Waals surface area contributed by atoms with Crippen LogP contribution in [-0.4, -0.2) is 17.8 Å². The molecule has 60 heavy (non-hydrogen) atoms. The molecule has 5 nitrogen and oxygen atoms in total. The van der Waals surface area contributed by atoms with E-state index in [4.69, 9.17) is 15.7 Å². The number of benzene rings is 8. The van der Waals surface area contributed by atoms with Crippen LogP contribution in [0, 0.1) is 0 Å². The molecular weight excluding hydrogens is 731 g/mol. The second kappa shape index (κ2) is 13.8. The van der Waals surface area contributed by atoms with Gasteiger partial charge in [-0.2, -0.15) is 4.99 Å². The van der Waals surface area contributed by atoms with Gasteiger partial charge in [0.25, 0.3) is 0 Å². The van der Waals surface area contributed by atoms with E-state index in [1.54, 1.807) is 0 Å². The van der Waals surface area contributed by atoms with Gasteiger partial charge in [0.15, 0.2) is 5.84 Å². The number of para-hydroxylation sites is 2. The van der Waals surface area contributed by atoms with Crippen molar-refractivity contribution in [3.05, 3.63) is 234 Å². The molecule has 2 aliphatic carbocycles. The van der Waals surface area contributed by atoms with E-state index in [9.17, 15) is 0 Å². The molecule has 8 aromatic rings. The fourth-order valence-corrected chi connectivity index (χ4v) is 10.6. The molecule has 4 aliphatic rings. The first-order chi connectivity index (χ1) is 29.7. The highest BCUT2D eigenvalue weighted by molar-refractivity contribution is 6.16. The molecule has 2 aliphatic heterocycles. The average molecular weight is 772 g/mol. The molecule has 0 saturated heterocycles. The minimum Gasteiger partial charge on any atom is -0.369 e. The first-order valence-electron chi connectivity index (χ1n) is 20.9. The zero-order chi connectivity index (χ0) is 39.7. The number of hydrogen-bond acceptors (Lipinski definition) is 2. The number of nitrogens with two attached hydrogens (primary N) is 1. The van der Waals surface area contributed by atoms with Gasteiger partial charge in [0, 0.05) is 34.2 Å². The van der Waals surface area contributed by atoms with Crippen LogP contribution in [0.3, 0.4) is 0 Å². The van der Waals surface area contributed by atoms with Crippen LogP contribution in [0.15, 0.2) is 210 Å². The smallest absolute Gasteiger partial charge is 0.203 e. The molecule has 4 atom stereocenters. The van der Waals surface area contributed by atoms with E-state index >= 15 is 0 Å². The molecular formula is C55H41N5. The van der Waals surface area contributed by atoms with Crippen molar-refractivity contribution in [2.45, 2.75) is 30.5 Å². The Balaban J connectivity index is 1.10. The maximum absolute atomic E-state index is 7.47. The summed E-state index contributed by atoms with van der Waals surface area (Å²) in [4.78, 5) is 15.5. The highest BCUT2D eigenvalue weighted by atomic mass is 15.3. The van der Waals surface area contributed by atoms with E-state index in [-0.39, 0.29) is 23.9 Å². The molecule has 0 radical (unpaired) electrons. The molecule has 0 aromatic heterocycles. The van der Waals surface area contributed by atoms with Crippen molar-refractivity contribution in [2.24, 2.45) is 15.7 Å². The Labute approximate surface area is 349 Å². The molecule has 0 bridgehead atoms. The largest absolute Gasteiger partial charge is 0.369 e. The van der Waals surface area contributed by atoms with Gasteiger partial charge in [-0.1, -0.05) is 182 Å². The quantitative estimate of drug-likeness (QED) is 0.143. The fraction of sp³-hybridized carbons (Fsp3) is 0.0909. The van der Waals surface area contributed by atoms with E-state index in [0.29, 0.717) is 18.3 Å². The zero-order valence-electron chi connectivity index (χ0n) is 32.9. The van der Waals surface area contributed by atoms with Gasteiger partial charge in [-0.25, -0.2) is 0 Å². The highest BCUT2D eigenvalue weighted by Crippen LogP contribution is 2.64. The van der Waals surface area contributed by atoms with Crippen LogP contribution in [0.4, 0.5) is 17.1 Å². The van der Waals surface area contributed by atoms with E-state index < -0.39 is 0 Å². The average Bonchev–Trinajstić information content (AvgIpc) is 3.85. The number of guanidine groups is 1. The van der Waals surface area contributed by atoms with E-state index in [1.165, 1.54) is 55.5 Å². The Morgan fingerprint density at radius 3 is 2.10 bits per heavy atom. The topological polar surface area (TPSA) is 57.2 Å². The summed E-state index contributed by atoms with van der Waals surface area (Å²) in [6, 6.07) is 63.0. The summed E-state index contributed by atoms with van der Waals surface area (Å²) < 4.78 is 0.